The molecule has 0 atom stereocenters. The molecule has 1 N–H and O–H groups in total. The summed E-state index contributed by atoms with van der Waals surface area (Å²) in [5.74, 6) is 0.176. The topological polar surface area (TPSA) is 82.7 Å². The van der Waals surface area contributed by atoms with Crippen LogP contribution in [-0.2, 0) is 13.0 Å². The minimum absolute atomic E-state index is 0.377. The third-order valence-corrected chi connectivity index (χ3v) is 3.76. The van der Waals surface area contributed by atoms with Crippen molar-refractivity contribution in [2.75, 3.05) is 30.4 Å². The number of nitrogens with zero attached hydrogens (tertiary/aromatic N) is 4. The lowest BCUT2D eigenvalue weighted by Crippen LogP contribution is -2.30. The maximum atomic E-state index is 11.4. The molecule has 116 valence electrons. The van der Waals surface area contributed by atoms with E-state index in [1.165, 1.54) is 0 Å². The summed E-state index contributed by atoms with van der Waals surface area (Å²) in [7, 11) is 3.70. The fraction of sp³-hybridized carbons (Fsp3) is 0.400. The number of carboxylic acid groups (broad SMARTS) is 1. The van der Waals surface area contributed by atoms with Crippen LogP contribution < -0.4 is 9.80 Å². The number of carbonyl (C=O) groups is 1. The first-order chi connectivity index (χ1) is 10.6. The van der Waals surface area contributed by atoms with Crippen LogP contribution in [0, 0.1) is 0 Å². The normalized spacial score (nSPS) is 13.8. The molecule has 0 fully saturated rings. The second-order valence-electron chi connectivity index (χ2n) is 5.52. The van der Waals surface area contributed by atoms with Gasteiger partial charge in [-0.25, -0.2) is 4.79 Å². The molecular formula is C15H18N4O3. The van der Waals surface area contributed by atoms with E-state index in [0.717, 1.165) is 30.6 Å². The molecule has 1 aromatic heterocycles. The molecule has 0 spiro atoms. The molecule has 7 nitrogen and oxygen atoms in total. The summed E-state index contributed by atoms with van der Waals surface area (Å²) >= 11 is 0. The summed E-state index contributed by atoms with van der Waals surface area (Å²) in [6.07, 6.45) is 1.69. The zero-order valence-electron chi connectivity index (χ0n) is 12.6. The summed E-state index contributed by atoms with van der Waals surface area (Å²) in [5, 5.41) is 13.2. The number of benzene rings is 1. The molecule has 0 unspecified atom stereocenters. The monoisotopic (exact) mass is 302 g/mol. The highest BCUT2D eigenvalue weighted by molar-refractivity contribution is 5.91. The smallest absolute Gasteiger partial charge is 0.336 e. The van der Waals surface area contributed by atoms with Crippen molar-refractivity contribution >= 4 is 17.6 Å². The van der Waals surface area contributed by atoms with Crippen molar-refractivity contribution < 1.29 is 14.4 Å². The van der Waals surface area contributed by atoms with Gasteiger partial charge in [-0.1, -0.05) is 6.07 Å². The predicted molar refractivity (Wildman–Crippen MR) is 81.4 cm³/mol. The maximum Gasteiger partial charge on any atom is 0.336 e. The summed E-state index contributed by atoms with van der Waals surface area (Å²) in [5.41, 5.74) is 2.20. The van der Waals surface area contributed by atoms with Gasteiger partial charge < -0.3 is 19.4 Å². The van der Waals surface area contributed by atoms with E-state index in [9.17, 15) is 9.90 Å². The maximum absolute atomic E-state index is 11.4. The van der Waals surface area contributed by atoms with Crippen molar-refractivity contribution in [1.29, 1.82) is 0 Å². The highest BCUT2D eigenvalue weighted by Gasteiger charge is 2.23. The second kappa shape index (κ2) is 5.67. The Balaban J connectivity index is 1.88. The van der Waals surface area contributed by atoms with Crippen molar-refractivity contribution in [3.8, 4) is 0 Å². The summed E-state index contributed by atoms with van der Waals surface area (Å²) < 4.78 is 5.26. The standard InChI is InChI=1S/C15H18N4O3/c1-18(2)15-16-13(22-17-15)9-19-8-4-6-10-11(14(20)21)5-3-7-12(10)19/h3,5,7H,4,6,8-9H2,1-2H3,(H,20,21). The van der Waals surface area contributed by atoms with Crippen LogP contribution in [0.1, 0.15) is 28.2 Å². The van der Waals surface area contributed by atoms with E-state index >= 15 is 0 Å². The van der Waals surface area contributed by atoms with Crippen LogP contribution in [0.5, 0.6) is 0 Å². The number of aromatic carboxylic acids is 1. The molecule has 0 aliphatic carbocycles. The zero-order chi connectivity index (χ0) is 15.7. The lowest BCUT2D eigenvalue weighted by molar-refractivity contribution is 0.0695. The van der Waals surface area contributed by atoms with Crippen LogP contribution in [0.3, 0.4) is 0 Å². The Morgan fingerprint density at radius 2 is 2.27 bits per heavy atom. The van der Waals surface area contributed by atoms with Gasteiger partial charge in [0.25, 0.3) is 5.95 Å². The fourth-order valence-electron chi connectivity index (χ4n) is 2.72. The van der Waals surface area contributed by atoms with E-state index in [-0.39, 0.29) is 0 Å². The van der Waals surface area contributed by atoms with Crippen molar-refractivity contribution in [3.63, 3.8) is 0 Å². The van der Waals surface area contributed by atoms with Gasteiger partial charge in [0.2, 0.25) is 5.89 Å². The van der Waals surface area contributed by atoms with Gasteiger partial charge >= 0.3 is 5.97 Å². The number of rotatable bonds is 4. The van der Waals surface area contributed by atoms with Crippen LogP contribution in [0.25, 0.3) is 0 Å². The highest BCUT2D eigenvalue weighted by Crippen LogP contribution is 2.31. The van der Waals surface area contributed by atoms with Crippen LogP contribution in [0.2, 0.25) is 0 Å². The van der Waals surface area contributed by atoms with Gasteiger partial charge in [0.05, 0.1) is 12.1 Å². The first-order valence-corrected chi connectivity index (χ1v) is 7.16. The molecule has 1 aromatic carbocycles. The average Bonchev–Trinajstić information content (AvgIpc) is 2.95. The highest BCUT2D eigenvalue weighted by atomic mass is 16.5. The first-order valence-electron chi connectivity index (χ1n) is 7.16. The first kappa shape index (κ1) is 14.4. The van der Waals surface area contributed by atoms with Crippen LogP contribution in [0.4, 0.5) is 11.6 Å². The van der Waals surface area contributed by atoms with Crippen molar-refractivity contribution in [2.24, 2.45) is 0 Å². The van der Waals surface area contributed by atoms with E-state index in [1.807, 2.05) is 20.2 Å². The predicted octanol–water partition coefficient (Wildman–Crippen LogP) is 1.79. The minimum Gasteiger partial charge on any atom is -0.478 e. The Labute approximate surface area is 128 Å². The number of anilines is 2. The molecule has 3 rings (SSSR count). The number of carboxylic acids is 1. The van der Waals surface area contributed by atoms with Gasteiger partial charge in [0.1, 0.15) is 0 Å². The number of hydrogen-bond donors (Lipinski definition) is 1. The lowest BCUT2D eigenvalue weighted by atomic mass is 9.96. The third-order valence-electron chi connectivity index (χ3n) is 3.76. The molecular weight excluding hydrogens is 284 g/mol. The van der Waals surface area contributed by atoms with E-state index < -0.39 is 5.97 Å². The number of hydrogen-bond acceptors (Lipinski definition) is 6. The Hall–Kier alpha value is -2.57. The molecule has 1 aliphatic rings. The average molecular weight is 302 g/mol. The van der Waals surface area contributed by atoms with Gasteiger partial charge in [-0.2, -0.15) is 4.98 Å². The Kier molecular flexibility index (Phi) is 3.70. The Bertz CT molecular complexity index is 696. The largest absolute Gasteiger partial charge is 0.478 e. The molecule has 0 saturated heterocycles. The van der Waals surface area contributed by atoms with Gasteiger partial charge in [0, 0.05) is 26.3 Å². The van der Waals surface area contributed by atoms with E-state index in [2.05, 4.69) is 15.0 Å². The number of aromatic nitrogens is 2. The lowest BCUT2D eigenvalue weighted by Gasteiger charge is -2.30. The molecule has 0 saturated carbocycles. The van der Waals surface area contributed by atoms with Crippen LogP contribution in [-0.4, -0.2) is 41.9 Å². The summed E-state index contributed by atoms with van der Waals surface area (Å²) in [6.45, 7) is 1.33. The molecule has 7 heteroatoms. The molecule has 2 heterocycles. The second-order valence-corrected chi connectivity index (χ2v) is 5.52. The quantitative estimate of drug-likeness (QED) is 0.921. The SMILES string of the molecule is CN(C)c1noc(CN2CCCc3c(C(=O)O)cccc32)n1. The van der Waals surface area contributed by atoms with Crippen molar-refractivity contribution in [2.45, 2.75) is 19.4 Å². The fourth-order valence-corrected chi connectivity index (χ4v) is 2.72. The summed E-state index contributed by atoms with van der Waals surface area (Å²) in [6, 6.07) is 5.38. The van der Waals surface area contributed by atoms with Gasteiger partial charge in [-0.3, -0.25) is 0 Å². The zero-order valence-corrected chi connectivity index (χ0v) is 12.6. The molecule has 2 aromatic rings. The van der Waals surface area contributed by atoms with Crippen LogP contribution in [0.15, 0.2) is 22.7 Å². The Morgan fingerprint density at radius 1 is 1.45 bits per heavy atom. The molecule has 22 heavy (non-hydrogen) atoms. The van der Waals surface area contributed by atoms with Crippen LogP contribution >= 0.6 is 0 Å². The molecule has 0 amide bonds. The molecule has 1 aliphatic heterocycles. The van der Waals surface area contributed by atoms with Crippen molar-refractivity contribution in [3.05, 3.63) is 35.2 Å². The summed E-state index contributed by atoms with van der Waals surface area (Å²) in [4.78, 5) is 19.5. The van der Waals surface area contributed by atoms with Gasteiger partial charge in [-0.15, -0.1) is 0 Å². The van der Waals surface area contributed by atoms with E-state index in [1.54, 1.807) is 17.0 Å². The Morgan fingerprint density at radius 3 is 2.95 bits per heavy atom. The van der Waals surface area contributed by atoms with Gasteiger partial charge in [0.15, 0.2) is 0 Å². The van der Waals surface area contributed by atoms with Crippen molar-refractivity contribution in [1.82, 2.24) is 10.1 Å². The minimum atomic E-state index is -0.883. The van der Waals surface area contributed by atoms with Gasteiger partial charge in [-0.05, 0) is 35.7 Å². The third kappa shape index (κ3) is 2.61. The van der Waals surface area contributed by atoms with E-state index in [0.29, 0.717) is 23.9 Å². The van der Waals surface area contributed by atoms with E-state index in [4.69, 9.17) is 4.52 Å². The molecule has 0 bridgehead atoms. The molecule has 0 radical (unpaired) electrons. The number of fused-ring (bicyclic) bond motifs is 1.